The summed E-state index contributed by atoms with van der Waals surface area (Å²) in [4.78, 5) is 0. The number of fused-ring (bicyclic) bond motifs is 1. The predicted molar refractivity (Wildman–Crippen MR) is 77.4 cm³/mol. The van der Waals surface area contributed by atoms with Gasteiger partial charge in [-0.2, -0.15) is 0 Å². The quantitative estimate of drug-likeness (QED) is 0.891. The summed E-state index contributed by atoms with van der Waals surface area (Å²) in [5.41, 5.74) is 3.09. The number of rotatable bonds is 4. The maximum absolute atomic E-state index is 3.59. The molecule has 94 valence electrons. The van der Waals surface area contributed by atoms with Crippen LogP contribution in [0, 0.1) is 11.8 Å². The van der Waals surface area contributed by atoms with Crippen LogP contribution >= 0.6 is 15.9 Å². The first kappa shape index (κ1) is 13.1. The van der Waals surface area contributed by atoms with E-state index in [-0.39, 0.29) is 0 Å². The first-order valence-electron chi connectivity index (χ1n) is 6.63. The molecule has 1 atom stereocenters. The molecule has 0 aliphatic heterocycles. The van der Waals surface area contributed by atoms with E-state index >= 15 is 0 Å². The number of hydrogen-bond donors (Lipinski definition) is 1. The fraction of sp³-hybridized carbons (Fsp3) is 0.600. The van der Waals surface area contributed by atoms with Crippen LogP contribution in [0.25, 0.3) is 0 Å². The third kappa shape index (κ3) is 3.82. The van der Waals surface area contributed by atoms with Gasteiger partial charge in [0, 0.05) is 4.47 Å². The first-order chi connectivity index (χ1) is 8.15. The molecule has 0 fully saturated rings. The fourth-order valence-corrected chi connectivity index (χ4v) is 2.96. The fourth-order valence-electron chi connectivity index (χ4n) is 2.55. The van der Waals surface area contributed by atoms with Crippen LogP contribution in [0.3, 0.4) is 0 Å². The Morgan fingerprint density at radius 1 is 1.35 bits per heavy atom. The van der Waals surface area contributed by atoms with Gasteiger partial charge in [0.1, 0.15) is 0 Å². The molecule has 1 aliphatic rings. The second kappa shape index (κ2) is 6.01. The molecule has 2 rings (SSSR count). The van der Waals surface area contributed by atoms with Crippen LogP contribution in [0.5, 0.6) is 0 Å². The molecular formula is C15H22BrN. The highest BCUT2D eigenvalue weighted by Crippen LogP contribution is 2.27. The molecule has 1 aromatic carbocycles. The lowest BCUT2D eigenvalue weighted by atomic mass is 9.84. The van der Waals surface area contributed by atoms with Crippen molar-refractivity contribution < 1.29 is 0 Å². The van der Waals surface area contributed by atoms with Gasteiger partial charge in [-0.15, -0.1) is 0 Å². The number of halogens is 1. The van der Waals surface area contributed by atoms with Gasteiger partial charge in [0.05, 0.1) is 0 Å². The van der Waals surface area contributed by atoms with Crippen molar-refractivity contribution in [2.45, 2.75) is 33.1 Å². The van der Waals surface area contributed by atoms with E-state index in [9.17, 15) is 0 Å². The van der Waals surface area contributed by atoms with Crippen molar-refractivity contribution in [1.82, 2.24) is 5.32 Å². The molecule has 1 unspecified atom stereocenters. The minimum atomic E-state index is 0.752. The van der Waals surface area contributed by atoms with E-state index in [2.05, 4.69) is 53.3 Å². The molecule has 0 aromatic heterocycles. The molecule has 1 aromatic rings. The van der Waals surface area contributed by atoms with E-state index < -0.39 is 0 Å². The van der Waals surface area contributed by atoms with Crippen molar-refractivity contribution in [2.75, 3.05) is 13.1 Å². The second-order valence-corrected chi connectivity index (χ2v) is 6.49. The summed E-state index contributed by atoms with van der Waals surface area (Å²) in [5.74, 6) is 1.57. The van der Waals surface area contributed by atoms with Gasteiger partial charge < -0.3 is 5.32 Å². The molecule has 1 N–H and O–H groups in total. The number of hydrogen-bond acceptors (Lipinski definition) is 1. The molecule has 0 heterocycles. The van der Waals surface area contributed by atoms with Gasteiger partial charge in [0.2, 0.25) is 0 Å². The van der Waals surface area contributed by atoms with Crippen LogP contribution in [-0.4, -0.2) is 13.1 Å². The van der Waals surface area contributed by atoms with E-state index in [1.54, 1.807) is 11.1 Å². The van der Waals surface area contributed by atoms with Gasteiger partial charge in [-0.05, 0) is 67.4 Å². The molecular weight excluding hydrogens is 274 g/mol. The molecule has 0 radical (unpaired) electrons. The topological polar surface area (TPSA) is 12.0 Å². The minimum absolute atomic E-state index is 0.752. The minimum Gasteiger partial charge on any atom is -0.316 e. The normalized spacial score (nSPS) is 19.4. The second-order valence-electron chi connectivity index (χ2n) is 5.57. The molecule has 0 saturated carbocycles. The number of aryl methyl sites for hydroxylation is 1. The zero-order valence-corrected chi connectivity index (χ0v) is 12.4. The van der Waals surface area contributed by atoms with Gasteiger partial charge in [-0.1, -0.05) is 35.8 Å². The predicted octanol–water partition coefficient (Wildman–Crippen LogP) is 3.80. The Morgan fingerprint density at radius 3 is 2.94 bits per heavy atom. The highest BCUT2D eigenvalue weighted by molar-refractivity contribution is 9.10. The Balaban J connectivity index is 1.88. The molecule has 1 nitrogen and oxygen atoms in total. The van der Waals surface area contributed by atoms with E-state index in [1.807, 2.05) is 0 Å². The van der Waals surface area contributed by atoms with Crippen LogP contribution in [0.2, 0.25) is 0 Å². The van der Waals surface area contributed by atoms with Crippen LogP contribution in [0.1, 0.15) is 31.4 Å². The van der Waals surface area contributed by atoms with E-state index in [4.69, 9.17) is 0 Å². The summed E-state index contributed by atoms with van der Waals surface area (Å²) in [6.07, 6.45) is 3.81. The van der Waals surface area contributed by atoms with Gasteiger partial charge in [-0.3, -0.25) is 0 Å². The third-order valence-electron chi connectivity index (χ3n) is 3.48. The summed E-state index contributed by atoms with van der Waals surface area (Å²) < 4.78 is 1.22. The largest absolute Gasteiger partial charge is 0.316 e. The summed E-state index contributed by atoms with van der Waals surface area (Å²) in [7, 11) is 0. The van der Waals surface area contributed by atoms with Crippen LogP contribution in [0.4, 0.5) is 0 Å². The van der Waals surface area contributed by atoms with Gasteiger partial charge in [-0.25, -0.2) is 0 Å². The average molecular weight is 296 g/mol. The Hall–Kier alpha value is -0.340. The highest BCUT2D eigenvalue weighted by Gasteiger charge is 2.18. The average Bonchev–Trinajstić information content (AvgIpc) is 2.29. The van der Waals surface area contributed by atoms with E-state index in [1.165, 1.54) is 30.3 Å². The molecule has 0 bridgehead atoms. The molecule has 2 heteroatoms. The highest BCUT2D eigenvalue weighted by atomic mass is 79.9. The number of benzene rings is 1. The third-order valence-corrected chi connectivity index (χ3v) is 3.98. The smallest absolute Gasteiger partial charge is 0.0178 e. The SMILES string of the molecule is CC(C)CNCC1CCc2cc(Br)ccc2C1. The maximum atomic E-state index is 3.59. The summed E-state index contributed by atoms with van der Waals surface area (Å²) in [6.45, 7) is 6.85. The molecule has 0 spiro atoms. The van der Waals surface area contributed by atoms with Crippen molar-refractivity contribution in [3.8, 4) is 0 Å². The van der Waals surface area contributed by atoms with Crippen molar-refractivity contribution in [2.24, 2.45) is 11.8 Å². The first-order valence-corrected chi connectivity index (χ1v) is 7.42. The van der Waals surface area contributed by atoms with Crippen molar-refractivity contribution >= 4 is 15.9 Å². The van der Waals surface area contributed by atoms with Gasteiger partial charge in [0.15, 0.2) is 0 Å². The van der Waals surface area contributed by atoms with Gasteiger partial charge >= 0.3 is 0 Å². The van der Waals surface area contributed by atoms with E-state index in [0.29, 0.717) is 0 Å². The zero-order valence-electron chi connectivity index (χ0n) is 10.8. The zero-order chi connectivity index (χ0) is 12.3. The Bertz CT molecular complexity index is 373. The lowest BCUT2D eigenvalue weighted by molar-refractivity contribution is 0.409. The Labute approximate surface area is 113 Å². The van der Waals surface area contributed by atoms with Crippen molar-refractivity contribution in [3.63, 3.8) is 0 Å². The lowest BCUT2D eigenvalue weighted by Gasteiger charge is -2.25. The molecule has 1 aliphatic carbocycles. The lowest BCUT2D eigenvalue weighted by Crippen LogP contribution is -2.29. The van der Waals surface area contributed by atoms with E-state index in [0.717, 1.165) is 18.4 Å². The maximum Gasteiger partial charge on any atom is 0.0178 e. The van der Waals surface area contributed by atoms with Crippen molar-refractivity contribution in [3.05, 3.63) is 33.8 Å². The molecule has 17 heavy (non-hydrogen) atoms. The van der Waals surface area contributed by atoms with Crippen LogP contribution in [0.15, 0.2) is 22.7 Å². The summed E-state index contributed by atoms with van der Waals surface area (Å²) in [5, 5.41) is 3.59. The molecule has 0 amide bonds. The molecule has 0 saturated heterocycles. The monoisotopic (exact) mass is 295 g/mol. The van der Waals surface area contributed by atoms with Crippen LogP contribution in [-0.2, 0) is 12.8 Å². The standard InChI is InChI=1S/C15H22BrN/c1-11(2)9-17-10-12-3-4-14-8-15(16)6-5-13(14)7-12/h5-6,8,11-12,17H,3-4,7,9-10H2,1-2H3. The Morgan fingerprint density at radius 2 is 2.18 bits per heavy atom. The summed E-state index contributed by atoms with van der Waals surface area (Å²) in [6, 6.07) is 6.74. The summed E-state index contributed by atoms with van der Waals surface area (Å²) >= 11 is 3.55. The number of nitrogens with one attached hydrogen (secondary N) is 1. The van der Waals surface area contributed by atoms with Crippen LogP contribution < -0.4 is 5.32 Å². The van der Waals surface area contributed by atoms with Gasteiger partial charge in [0.25, 0.3) is 0 Å². The Kier molecular flexibility index (Phi) is 4.63. The van der Waals surface area contributed by atoms with Crippen molar-refractivity contribution in [1.29, 1.82) is 0 Å².